The zero-order valence-corrected chi connectivity index (χ0v) is 15.5. The number of piperidine rings is 1. The van der Waals surface area contributed by atoms with E-state index in [-0.39, 0.29) is 12.6 Å². The molecule has 0 radical (unpaired) electrons. The third kappa shape index (κ3) is 4.00. The molecule has 2 atom stereocenters. The van der Waals surface area contributed by atoms with Crippen LogP contribution in [-0.4, -0.2) is 18.3 Å². The summed E-state index contributed by atoms with van der Waals surface area (Å²) in [5.74, 6) is 0.512. The van der Waals surface area contributed by atoms with Gasteiger partial charge < -0.3 is 10.0 Å². The topological polar surface area (TPSA) is 23.5 Å². The zero-order valence-electron chi connectivity index (χ0n) is 13.3. The molecule has 3 rings (SSSR count). The fraction of sp³-hybridized carbons (Fsp3) is 0.368. The van der Waals surface area contributed by atoms with Gasteiger partial charge in [0, 0.05) is 23.2 Å². The maximum absolute atomic E-state index is 9.30. The highest BCUT2D eigenvalue weighted by molar-refractivity contribution is 6.36. The minimum absolute atomic E-state index is 0.214. The average molecular weight is 385 g/mol. The molecule has 0 saturated carbocycles. The van der Waals surface area contributed by atoms with E-state index in [4.69, 9.17) is 34.8 Å². The molecular weight excluding hydrogens is 365 g/mol. The lowest BCUT2D eigenvalue weighted by atomic mass is 9.85. The van der Waals surface area contributed by atoms with Gasteiger partial charge >= 0.3 is 0 Å². The molecule has 1 N–H and O–H groups in total. The lowest BCUT2D eigenvalue weighted by Gasteiger charge is -2.41. The lowest BCUT2D eigenvalue weighted by molar-refractivity contribution is 0.227. The maximum Gasteiger partial charge on any atom is 0.0654 e. The number of halogens is 3. The van der Waals surface area contributed by atoms with E-state index >= 15 is 0 Å². The molecule has 0 aliphatic carbocycles. The molecule has 2 aromatic rings. The van der Waals surface area contributed by atoms with Crippen LogP contribution in [0.4, 0.5) is 5.69 Å². The van der Waals surface area contributed by atoms with Crippen molar-refractivity contribution in [1.82, 2.24) is 0 Å². The van der Waals surface area contributed by atoms with Crippen LogP contribution in [0.5, 0.6) is 0 Å². The van der Waals surface area contributed by atoms with Gasteiger partial charge in [-0.1, -0.05) is 46.9 Å². The zero-order chi connectivity index (χ0) is 17.1. The van der Waals surface area contributed by atoms with Gasteiger partial charge in [-0.15, -0.1) is 0 Å². The van der Waals surface area contributed by atoms with Gasteiger partial charge in [0.2, 0.25) is 0 Å². The summed E-state index contributed by atoms with van der Waals surface area (Å²) in [6.45, 7) is 1.14. The van der Waals surface area contributed by atoms with Crippen LogP contribution in [0.1, 0.15) is 30.9 Å². The minimum Gasteiger partial charge on any atom is -0.396 e. The minimum atomic E-state index is 0.214. The number of aliphatic hydroxyl groups excluding tert-OH is 1. The van der Waals surface area contributed by atoms with Crippen LogP contribution in [0, 0.1) is 5.92 Å². The highest BCUT2D eigenvalue weighted by Gasteiger charge is 2.30. The molecule has 0 amide bonds. The Balaban J connectivity index is 1.94. The number of nitrogens with zero attached hydrogens (tertiary/aromatic N) is 1. The third-order valence-corrected chi connectivity index (χ3v) is 5.51. The number of hydrogen-bond acceptors (Lipinski definition) is 2. The number of hydrogen-bond donors (Lipinski definition) is 1. The van der Waals surface area contributed by atoms with Crippen LogP contribution in [0.2, 0.25) is 15.1 Å². The Kier molecular flexibility index (Phi) is 5.93. The van der Waals surface area contributed by atoms with E-state index in [1.54, 1.807) is 6.07 Å². The second kappa shape index (κ2) is 7.97. The second-order valence-corrected chi connectivity index (χ2v) is 7.54. The Labute approximate surface area is 158 Å². The Morgan fingerprint density at radius 2 is 1.71 bits per heavy atom. The van der Waals surface area contributed by atoms with Gasteiger partial charge in [0.1, 0.15) is 0 Å². The van der Waals surface area contributed by atoms with Crippen molar-refractivity contribution < 1.29 is 5.11 Å². The molecule has 1 aliphatic rings. The highest BCUT2D eigenvalue weighted by atomic mass is 35.5. The van der Waals surface area contributed by atoms with E-state index in [0.29, 0.717) is 16.0 Å². The molecular formula is C19H20Cl3NO. The quantitative estimate of drug-likeness (QED) is 0.700. The predicted octanol–water partition coefficient (Wildman–Crippen LogP) is 5.99. The van der Waals surface area contributed by atoms with Gasteiger partial charge in [0.05, 0.1) is 16.8 Å². The van der Waals surface area contributed by atoms with Crippen molar-refractivity contribution in [1.29, 1.82) is 0 Å². The largest absolute Gasteiger partial charge is 0.396 e. The lowest BCUT2D eigenvalue weighted by Crippen LogP contribution is -2.37. The van der Waals surface area contributed by atoms with Crippen molar-refractivity contribution in [3.8, 4) is 0 Å². The molecule has 0 aromatic heterocycles. The summed E-state index contributed by atoms with van der Waals surface area (Å²) in [7, 11) is 0. The van der Waals surface area contributed by atoms with Crippen LogP contribution in [0.3, 0.4) is 0 Å². The van der Waals surface area contributed by atoms with Gasteiger partial charge in [0.15, 0.2) is 0 Å². The molecule has 2 nitrogen and oxygen atoms in total. The third-order valence-electron chi connectivity index (χ3n) is 4.72. The summed E-state index contributed by atoms with van der Waals surface area (Å²) in [6, 6.07) is 13.9. The molecule has 1 fully saturated rings. The number of aliphatic hydroxyl groups is 1. The standard InChI is InChI=1S/C19H20Cl3NO/c20-15-3-1-14(2-4-15)19-11-13(8-10-24)7-9-23(19)18-6-5-16(21)12-17(18)22/h1-6,12-13,19,24H,7-11H2. The van der Waals surface area contributed by atoms with Gasteiger partial charge in [-0.05, 0) is 61.1 Å². The SMILES string of the molecule is OCCC1CCN(c2ccc(Cl)cc2Cl)C(c2ccc(Cl)cc2)C1. The Morgan fingerprint density at radius 3 is 2.38 bits per heavy atom. The summed E-state index contributed by atoms with van der Waals surface area (Å²) in [5.41, 5.74) is 2.22. The number of rotatable bonds is 4. The smallest absolute Gasteiger partial charge is 0.0654 e. The number of anilines is 1. The normalized spacial score (nSPS) is 21.1. The highest BCUT2D eigenvalue weighted by Crippen LogP contribution is 2.41. The summed E-state index contributed by atoms with van der Waals surface area (Å²) in [5, 5.41) is 11.3. The molecule has 24 heavy (non-hydrogen) atoms. The average Bonchev–Trinajstić information content (AvgIpc) is 2.56. The first kappa shape index (κ1) is 17.9. The monoisotopic (exact) mass is 383 g/mol. The van der Waals surface area contributed by atoms with Gasteiger partial charge in [-0.25, -0.2) is 0 Å². The van der Waals surface area contributed by atoms with Crippen LogP contribution >= 0.6 is 34.8 Å². The summed E-state index contributed by atoms with van der Waals surface area (Å²) in [6.07, 6.45) is 2.87. The summed E-state index contributed by atoms with van der Waals surface area (Å²) >= 11 is 18.5. The maximum atomic E-state index is 9.30. The molecule has 2 unspecified atom stereocenters. The summed E-state index contributed by atoms with van der Waals surface area (Å²) < 4.78 is 0. The first-order valence-corrected chi connectivity index (χ1v) is 9.30. The fourth-order valence-electron chi connectivity index (χ4n) is 3.49. The molecule has 0 spiro atoms. The molecule has 0 bridgehead atoms. The first-order chi connectivity index (χ1) is 11.6. The van der Waals surface area contributed by atoms with E-state index in [0.717, 1.165) is 36.5 Å². The predicted molar refractivity (Wildman–Crippen MR) is 102 cm³/mol. The van der Waals surface area contributed by atoms with Crippen LogP contribution in [0.15, 0.2) is 42.5 Å². The van der Waals surface area contributed by atoms with Crippen molar-refractivity contribution in [2.75, 3.05) is 18.1 Å². The second-order valence-electron chi connectivity index (χ2n) is 6.26. The van der Waals surface area contributed by atoms with Crippen LogP contribution < -0.4 is 4.90 Å². The van der Waals surface area contributed by atoms with Crippen molar-refractivity contribution in [3.05, 3.63) is 63.1 Å². The molecule has 1 heterocycles. The van der Waals surface area contributed by atoms with Gasteiger partial charge in [-0.3, -0.25) is 0 Å². The van der Waals surface area contributed by atoms with Crippen molar-refractivity contribution in [3.63, 3.8) is 0 Å². The van der Waals surface area contributed by atoms with Crippen molar-refractivity contribution in [2.45, 2.75) is 25.3 Å². The molecule has 128 valence electrons. The summed E-state index contributed by atoms with van der Waals surface area (Å²) in [4.78, 5) is 2.34. The van der Waals surface area contributed by atoms with Crippen molar-refractivity contribution >= 4 is 40.5 Å². The van der Waals surface area contributed by atoms with Crippen molar-refractivity contribution in [2.24, 2.45) is 5.92 Å². The molecule has 5 heteroatoms. The van der Waals surface area contributed by atoms with Gasteiger partial charge in [-0.2, -0.15) is 0 Å². The first-order valence-electron chi connectivity index (χ1n) is 8.16. The van der Waals surface area contributed by atoms with E-state index in [1.165, 1.54) is 5.56 Å². The fourth-order valence-corrected chi connectivity index (χ4v) is 4.13. The van der Waals surface area contributed by atoms with Crippen LogP contribution in [0.25, 0.3) is 0 Å². The van der Waals surface area contributed by atoms with Gasteiger partial charge in [0.25, 0.3) is 0 Å². The van der Waals surface area contributed by atoms with E-state index < -0.39 is 0 Å². The number of benzene rings is 2. The van der Waals surface area contributed by atoms with E-state index in [1.807, 2.05) is 24.3 Å². The Bertz CT molecular complexity index is 690. The Morgan fingerprint density at radius 1 is 1.00 bits per heavy atom. The van der Waals surface area contributed by atoms with Crippen LogP contribution in [-0.2, 0) is 0 Å². The molecule has 1 saturated heterocycles. The molecule has 1 aliphatic heterocycles. The van der Waals surface area contributed by atoms with E-state index in [2.05, 4.69) is 17.0 Å². The Hall–Kier alpha value is -0.930. The van der Waals surface area contributed by atoms with E-state index in [9.17, 15) is 5.11 Å². The molecule has 2 aromatic carbocycles.